The first kappa shape index (κ1) is 8.12. The summed E-state index contributed by atoms with van der Waals surface area (Å²) in [5.74, 6) is 0. The number of hydrogen-bond donors (Lipinski definition) is 0. The maximum Gasteiger partial charge on any atom is 0.0379 e. The van der Waals surface area contributed by atoms with Crippen molar-refractivity contribution in [1.29, 1.82) is 0 Å². The molecule has 0 fully saturated rings. The van der Waals surface area contributed by atoms with Crippen molar-refractivity contribution in [2.45, 2.75) is 31.6 Å². The Bertz CT molecular complexity index is 291. The van der Waals surface area contributed by atoms with Crippen LogP contribution >= 0.6 is 11.6 Å². The van der Waals surface area contributed by atoms with Crippen LogP contribution in [0.25, 0.3) is 0 Å². The van der Waals surface area contributed by atoms with Crippen LogP contribution in [0.4, 0.5) is 0 Å². The largest absolute Gasteiger partial charge is 0.123 e. The number of benzene rings is 1. The lowest BCUT2D eigenvalue weighted by Crippen LogP contribution is -2.13. The summed E-state index contributed by atoms with van der Waals surface area (Å²) >= 11 is 6.10. The lowest BCUT2D eigenvalue weighted by molar-refractivity contribution is 0.694. The molecule has 12 heavy (non-hydrogen) atoms. The summed E-state index contributed by atoms with van der Waals surface area (Å²) in [5, 5.41) is 0.360. The highest BCUT2D eigenvalue weighted by Crippen LogP contribution is 2.25. The Labute approximate surface area is 78.6 Å². The molecule has 0 unspecified atom stereocenters. The minimum absolute atomic E-state index is 0.360. The van der Waals surface area contributed by atoms with E-state index < -0.39 is 0 Å². The Balaban J connectivity index is 2.37. The molecule has 1 aromatic rings. The van der Waals surface area contributed by atoms with Gasteiger partial charge < -0.3 is 0 Å². The molecule has 0 heterocycles. The van der Waals surface area contributed by atoms with Crippen molar-refractivity contribution in [2.75, 3.05) is 0 Å². The van der Waals surface area contributed by atoms with E-state index in [9.17, 15) is 0 Å². The Morgan fingerprint density at radius 2 is 2.17 bits per heavy atom. The van der Waals surface area contributed by atoms with E-state index in [4.69, 9.17) is 11.6 Å². The maximum atomic E-state index is 6.10. The minimum Gasteiger partial charge on any atom is -0.123 e. The van der Waals surface area contributed by atoms with Crippen molar-refractivity contribution < 1.29 is 0 Å². The Hall–Kier alpha value is -0.490. The summed E-state index contributed by atoms with van der Waals surface area (Å²) < 4.78 is 0. The lowest BCUT2D eigenvalue weighted by Gasteiger charge is -2.20. The van der Waals surface area contributed by atoms with Gasteiger partial charge in [-0.25, -0.2) is 0 Å². The zero-order valence-electron chi connectivity index (χ0n) is 7.31. The van der Waals surface area contributed by atoms with E-state index in [0.29, 0.717) is 5.38 Å². The van der Waals surface area contributed by atoms with Crippen LogP contribution in [0.1, 0.15) is 23.1 Å². The predicted molar refractivity (Wildman–Crippen MR) is 52.8 cm³/mol. The summed E-state index contributed by atoms with van der Waals surface area (Å²) in [6, 6.07) is 6.70. The molecule has 0 N–H and O–H groups in total. The molecule has 1 heteroatoms. The van der Waals surface area contributed by atoms with Gasteiger partial charge in [0.2, 0.25) is 0 Å². The number of alkyl halides is 1. The summed E-state index contributed by atoms with van der Waals surface area (Å²) in [7, 11) is 0. The number of rotatable bonds is 0. The Morgan fingerprint density at radius 3 is 3.00 bits per heavy atom. The maximum absolute atomic E-state index is 6.10. The van der Waals surface area contributed by atoms with E-state index in [1.54, 1.807) is 0 Å². The number of hydrogen-bond acceptors (Lipinski definition) is 0. The molecule has 2 rings (SSSR count). The topological polar surface area (TPSA) is 0 Å². The molecular weight excluding hydrogens is 168 g/mol. The second kappa shape index (κ2) is 3.10. The quantitative estimate of drug-likeness (QED) is 0.539. The monoisotopic (exact) mass is 180 g/mol. The molecule has 0 aromatic heterocycles. The van der Waals surface area contributed by atoms with Gasteiger partial charge in [0.05, 0.1) is 0 Å². The Kier molecular flexibility index (Phi) is 2.10. The van der Waals surface area contributed by atoms with E-state index >= 15 is 0 Å². The highest BCUT2D eigenvalue weighted by Gasteiger charge is 2.15. The number of aryl methyl sites for hydroxylation is 2. The lowest BCUT2D eigenvalue weighted by atomic mass is 9.90. The number of halogens is 1. The standard InChI is InChI=1S/C11H13Cl/c1-8-2-3-9-4-5-11(12)7-10(9)6-8/h2-3,6,11H,4-5,7H2,1H3/t11-/m0/s1. The molecule has 0 amide bonds. The van der Waals surface area contributed by atoms with Crippen molar-refractivity contribution in [3.8, 4) is 0 Å². The molecule has 0 aliphatic heterocycles. The molecule has 64 valence electrons. The normalized spacial score (nSPS) is 22.0. The zero-order valence-corrected chi connectivity index (χ0v) is 8.06. The van der Waals surface area contributed by atoms with Gasteiger partial charge in [0.1, 0.15) is 0 Å². The summed E-state index contributed by atoms with van der Waals surface area (Å²) in [4.78, 5) is 0. The van der Waals surface area contributed by atoms with Gasteiger partial charge in [0.25, 0.3) is 0 Å². The summed E-state index contributed by atoms with van der Waals surface area (Å²) in [6.07, 6.45) is 3.35. The fourth-order valence-corrected chi connectivity index (χ4v) is 2.12. The van der Waals surface area contributed by atoms with Crippen LogP contribution in [0.15, 0.2) is 18.2 Å². The average Bonchev–Trinajstić information content (AvgIpc) is 2.03. The minimum atomic E-state index is 0.360. The van der Waals surface area contributed by atoms with E-state index in [-0.39, 0.29) is 0 Å². The van der Waals surface area contributed by atoms with Gasteiger partial charge in [-0.15, -0.1) is 11.6 Å². The second-order valence-corrected chi connectivity index (χ2v) is 4.23. The predicted octanol–water partition coefficient (Wildman–Crippen LogP) is 3.09. The molecule has 1 aromatic carbocycles. The third-order valence-corrected chi connectivity index (χ3v) is 2.90. The first-order valence-electron chi connectivity index (χ1n) is 4.48. The van der Waals surface area contributed by atoms with Gasteiger partial charge in [-0.3, -0.25) is 0 Å². The van der Waals surface area contributed by atoms with Crippen molar-refractivity contribution >= 4 is 11.6 Å². The number of fused-ring (bicyclic) bond motifs is 1. The van der Waals surface area contributed by atoms with Gasteiger partial charge in [-0.05, 0) is 37.3 Å². The second-order valence-electron chi connectivity index (χ2n) is 3.61. The fourth-order valence-electron chi connectivity index (χ4n) is 1.84. The SMILES string of the molecule is Cc1ccc2c(c1)C[C@@H](Cl)CC2. The van der Waals surface area contributed by atoms with Crippen molar-refractivity contribution in [1.82, 2.24) is 0 Å². The highest BCUT2D eigenvalue weighted by molar-refractivity contribution is 6.20. The van der Waals surface area contributed by atoms with Gasteiger partial charge in [0, 0.05) is 5.38 Å². The van der Waals surface area contributed by atoms with Crippen LogP contribution in [-0.4, -0.2) is 5.38 Å². The molecule has 0 saturated heterocycles. The molecule has 0 nitrogen and oxygen atoms in total. The van der Waals surface area contributed by atoms with Crippen molar-refractivity contribution in [3.05, 3.63) is 34.9 Å². The van der Waals surface area contributed by atoms with Crippen molar-refractivity contribution in [2.24, 2.45) is 0 Å². The third-order valence-electron chi connectivity index (χ3n) is 2.53. The molecule has 1 aliphatic rings. The van der Waals surface area contributed by atoms with Crippen LogP contribution in [-0.2, 0) is 12.8 Å². The molecule has 0 radical (unpaired) electrons. The average molecular weight is 181 g/mol. The molecule has 1 atom stereocenters. The van der Waals surface area contributed by atoms with Crippen LogP contribution in [0, 0.1) is 6.92 Å². The smallest absolute Gasteiger partial charge is 0.0379 e. The first-order chi connectivity index (χ1) is 5.75. The van der Waals surface area contributed by atoms with Gasteiger partial charge in [-0.1, -0.05) is 23.8 Å². The van der Waals surface area contributed by atoms with Crippen LogP contribution in [0.2, 0.25) is 0 Å². The van der Waals surface area contributed by atoms with Gasteiger partial charge in [0.15, 0.2) is 0 Å². The molecular formula is C11H13Cl. The third kappa shape index (κ3) is 1.49. The fraction of sp³-hybridized carbons (Fsp3) is 0.455. The first-order valence-corrected chi connectivity index (χ1v) is 4.92. The molecule has 0 bridgehead atoms. The van der Waals surface area contributed by atoms with E-state index in [0.717, 1.165) is 19.3 Å². The molecule has 0 saturated carbocycles. The van der Waals surface area contributed by atoms with Gasteiger partial charge >= 0.3 is 0 Å². The van der Waals surface area contributed by atoms with E-state index in [1.807, 2.05) is 0 Å². The summed E-state index contributed by atoms with van der Waals surface area (Å²) in [5.41, 5.74) is 4.30. The van der Waals surface area contributed by atoms with Crippen LogP contribution in [0.3, 0.4) is 0 Å². The molecule has 0 spiro atoms. The summed E-state index contributed by atoms with van der Waals surface area (Å²) in [6.45, 7) is 2.14. The van der Waals surface area contributed by atoms with E-state index in [2.05, 4.69) is 25.1 Å². The highest BCUT2D eigenvalue weighted by atomic mass is 35.5. The van der Waals surface area contributed by atoms with Crippen molar-refractivity contribution in [3.63, 3.8) is 0 Å². The van der Waals surface area contributed by atoms with Gasteiger partial charge in [-0.2, -0.15) is 0 Å². The van der Waals surface area contributed by atoms with Crippen LogP contribution < -0.4 is 0 Å². The van der Waals surface area contributed by atoms with E-state index in [1.165, 1.54) is 16.7 Å². The molecule has 1 aliphatic carbocycles. The van der Waals surface area contributed by atoms with Crippen LogP contribution in [0.5, 0.6) is 0 Å². The Morgan fingerprint density at radius 1 is 1.33 bits per heavy atom. The zero-order chi connectivity index (χ0) is 8.55.